The first-order valence-corrected chi connectivity index (χ1v) is 12.9. The average molecular weight is 550 g/mol. The Bertz CT molecular complexity index is 1180. The van der Waals surface area contributed by atoms with Gasteiger partial charge in [0.25, 0.3) is 0 Å². The van der Waals surface area contributed by atoms with Crippen molar-refractivity contribution in [2.45, 2.75) is 50.1 Å². The lowest BCUT2D eigenvalue weighted by Crippen LogP contribution is -2.61. The molecule has 0 spiro atoms. The third-order valence-corrected chi connectivity index (χ3v) is 7.27. The van der Waals surface area contributed by atoms with E-state index in [1.165, 1.54) is 18.2 Å². The van der Waals surface area contributed by atoms with E-state index >= 15 is 0 Å². The molecule has 39 heavy (non-hydrogen) atoms. The van der Waals surface area contributed by atoms with Gasteiger partial charge < -0.3 is 20.3 Å². The Morgan fingerprint density at radius 2 is 1.77 bits per heavy atom. The number of likely N-dealkylation sites (tertiary alicyclic amines) is 1. The van der Waals surface area contributed by atoms with Crippen molar-refractivity contribution in [1.29, 1.82) is 0 Å². The molecule has 2 heterocycles. The molecule has 2 saturated heterocycles. The number of hydrogen-bond acceptors (Lipinski definition) is 4. The van der Waals surface area contributed by atoms with Gasteiger partial charge in [-0.3, -0.25) is 4.79 Å². The fourth-order valence-corrected chi connectivity index (χ4v) is 5.11. The van der Waals surface area contributed by atoms with Crippen molar-refractivity contribution in [3.05, 3.63) is 83.3 Å². The van der Waals surface area contributed by atoms with Crippen LogP contribution in [0.2, 0.25) is 0 Å². The number of hydrogen-bond donors (Lipinski definition) is 2. The second-order valence-electron chi connectivity index (χ2n) is 10.0. The molecule has 0 unspecified atom stereocenters. The zero-order chi connectivity index (χ0) is 28.0. The van der Waals surface area contributed by atoms with E-state index in [-0.39, 0.29) is 17.1 Å². The second kappa shape index (κ2) is 12.3. The molecular formula is C29H32F5N3O2. The molecule has 2 aromatic rings. The minimum Gasteiger partial charge on any atom is -0.381 e. The Kier molecular flexibility index (Phi) is 9.07. The summed E-state index contributed by atoms with van der Waals surface area (Å²) in [5.74, 6) is -0.879. The first kappa shape index (κ1) is 28.8. The summed E-state index contributed by atoms with van der Waals surface area (Å²) in [6.45, 7) is 5.48. The Balaban J connectivity index is 1.55. The van der Waals surface area contributed by atoms with Crippen LogP contribution < -0.4 is 10.6 Å². The van der Waals surface area contributed by atoms with Gasteiger partial charge in [-0.05, 0) is 73.2 Å². The van der Waals surface area contributed by atoms with E-state index < -0.39 is 29.9 Å². The zero-order valence-electron chi connectivity index (χ0n) is 21.5. The quantitative estimate of drug-likeness (QED) is 0.310. The van der Waals surface area contributed by atoms with Crippen LogP contribution in [0.1, 0.15) is 42.4 Å². The largest absolute Gasteiger partial charge is 0.416 e. The molecule has 0 radical (unpaired) electrons. The molecule has 5 nitrogen and oxygen atoms in total. The number of piperidine rings is 1. The van der Waals surface area contributed by atoms with E-state index in [2.05, 4.69) is 22.1 Å². The molecular weight excluding hydrogens is 517 g/mol. The van der Waals surface area contributed by atoms with Crippen molar-refractivity contribution >= 4 is 17.7 Å². The van der Waals surface area contributed by atoms with Crippen LogP contribution in [-0.4, -0.2) is 48.7 Å². The third kappa shape index (κ3) is 7.45. The minimum absolute atomic E-state index is 0.122. The third-order valence-electron chi connectivity index (χ3n) is 7.27. The number of rotatable bonds is 8. The Morgan fingerprint density at radius 3 is 2.38 bits per heavy atom. The number of benzene rings is 2. The van der Waals surface area contributed by atoms with Gasteiger partial charge in [0.2, 0.25) is 5.91 Å². The van der Waals surface area contributed by atoms with Crippen molar-refractivity contribution in [2.75, 3.05) is 31.6 Å². The number of nitrogens with zero attached hydrogens (tertiary/aromatic N) is 1. The molecule has 2 N–H and O–H groups in total. The van der Waals surface area contributed by atoms with E-state index in [0.717, 1.165) is 30.5 Å². The summed E-state index contributed by atoms with van der Waals surface area (Å²) in [6, 6.07) is 8.96. The summed E-state index contributed by atoms with van der Waals surface area (Å²) in [7, 11) is 0. The molecule has 0 aromatic heterocycles. The van der Waals surface area contributed by atoms with Gasteiger partial charge in [-0.2, -0.15) is 13.2 Å². The van der Waals surface area contributed by atoms with Crippen LogP contribution in [-0.2, 0) is 22.4 Å². The molecule has 1 amide bonds. The van der Waals surface area contributed by atoms with Crippen LogP contribution in [0, 0.1) is 5.82 Å². The number of ether oxygens (including phenoxy) is 1. The molecule has 210 valence electrons. The lowest BCUT2D eigenvalue weighted by atomic mass is 9.84. The van der Waals surface area contributed by atoms with E-state index in [1.807, 2.05) is 0 Å². The topological polar surface area (TPSA) is 53.6 Å². The molecule has 0 atom stereocenters. The van der Waals surface area contributed by atoms with Gasteiger partial charge in [0.05, 0.1) is 5.56 Å². The van der Waals surface area contributed by atoms with Crippen LogP contribution in [0.3, 0.4) is 0 Å². The number of amides is 1. The SMILES string of the molecule is C=C(/C=C/c1ccc(F)cc1)NC1(C(=O)Nc2cc(CF)cc(C(F)(F)F)c2)CCN(C2CCOCC2)CC1. The lowest BCUT2D eigenvalue weighted by Gasteiger charge is -2.45. The average Bonchev–Trinajstić information content (AvgIpc) is 2.93. The van der Waals surface area contributed by atoms with Gasteiger partial charge in [0, 0.05) is 43.7 Å². The lowest BCUT2D eigenvalue weighted by molar-refractivity contribution is -0.137. The molecule has 2 aliphatic heterocycles. The highest BCUT2D eigenvalue weighted by molar-refractivity contribution is 5.98. The number of alkyl halides is 4. The van der Waals surface area contributed by atoms with E-state index in [9.17, 15) is 26.7 Å². The second-order valence-corrected chi connectivity index (χ2v) is 10.0. The molecule has 2 fully saturated rings. The predicted molar refractivity (Wildman–Crippen MR) is 140 cm³/mol. The molecule has 2 aromatic carbocycles. The van der Waals surface area contributed by atoms with Crippen molar-refractivity contribution in [3.8, 4) is 0 Å². The summed E-state index contributed by atoms with van der Waals surface area (Å²) >= 11 is 0. The number of allylic oxidation sites excluding steroid dienone is 1. The van der Waals surface area contributed by atoms with Gasteiger partial charge in [-0.25, -0.2) is 8.78 Å². The number of carbonyl (C=O) groups is 1. The monoisotopic (exact) mass is 549 g/mol. The van der Waals surface area contributed by atoms with Crippen molar-refractivity contribution in [2.24, 2.45) is 0 Å². The standard InChI is InChI=1S/C29H32F5N3O2/c1-20(2-3-21-4-6-24(31)7-5-21)36-28(10-12-37(13-11-28)26-8-14-39-15-9-26)27(38)35-25-17-22(19-30)16-23(18-25)29(32,33)34/h2-7,16-18,26,36H,1,8-15,19H2,(H,35,38)/b3-2+. The van der Waals surface area contributed by atoms with Gasteiger partial charge in [0.15, 0.2) is 0 Å². The summed E-state index contributed by atoms with van der Waals surface area (Å²) in [5.41, 5.74) is -1.34. The number of nitrogens with one attached hydrogen (secondary N) is 2. The minimum atomic E-state index is -4.69. The molecule has 4 rings (SSSR count). The van der Waals surface area contributed by atoms with Crippen molar-refractivity contribution < 1.29 is 31.5 Å². The van der Waals surface area contributed by atoms with E-state index in [4.69, 9.17) is 4.74 Å². The molecule has 0 aliphatic carbocycles. The van der Waals surface area contributed by atoms with Crippen LogP contribution in [0.4, 0.5) is 27.6 Å². The normalized spacial score (nSPS) is 18.7. The van der Waals surface area contributed by atoms with Gasteiger partial charge in [0.1, 0.15) is 18.0 Å². The molecule has 2 aliphatic rings. The van der Waals surface area contributed by atoms with Crippen LogP contribution in [0.15, 0.2) is 60.8 Å². The summed E-state index contributed by atoms with van der Waals surface area (Å²) < 4.78 is 72.2. The van der Waals surface area contributed by atoms with Crippen LogP contribution in [0.5, 0.6) is 0 Å². The number of anilines is 1. The molecule has 0 saturated carbocycles. The highest BCUT2D eigenvalue weighted by Crippen LogP contribution is 2.34. The van der Waals surface area contributed by atoms with Gasteiger partial charge >= 0.3 is 6.18 Å². The maximum absolute atomic E-state index is 13.7. The predicted octanol–water partition coefficient (Wildman–Crippen LogP) is 6.08. The molecule has 0 bridgehead atoms. The summed E-state index contributed by atoms with van der Waals surface area (Å²) in [6.07, 6.45) is 1.26. The fraction of sp³-hybridized carbons (Fsp3) is 0.414. The van der Waals surface area contributed by atoms with Crippen molar-refractivity contribution in [1.82, 2.24) is 10.2 Å². The molecule has 10 heteroatoms. The van der Waals surface area contributed by atoms with Crippen LogP contribution in [0.25, 0.3) is 6.08 Å². The number of carbonyl (C=O) groups excluding carboxylic acids is 1. The highest BCUT2D eigenvalue weighted by Gasteiger charge is 2.43. The zero-order valence-corrected chi connectivity index (χ0v) is 21.5. The Labute approximate surface area is 224 Å². The van der Waals surface area contributed by atoms with E-state index in [0.29, 0.717) is 50.9 Å². The maximum atomic E-state index is 13.7. The summed E-state index contributed by atoms with van der Waals surface area (Å²) in [4.78, 5) is 16.0. The smallest absolute Gasteiger partial charge is 0.381 e. The van der Waals surface area contributed by atoms with E-state index in [1.54, 1.807) is 24.3 Å². The fourth-order valence-electron chi connectivity index (χ4n) is 5.11. The first-order chi connectivity index (χ1) is 18.6. The van der Waals surface area contributed by atoms with Crippen molar-refractivity contribution in [3.63, 3.8) is 0 Å². The summed E-state index contributed by atoms with van der Waals surface area (Å²) in [5, 5.41) is 5.82. The Morgan fingerprint density at radius 1 is 1.10 bits per heavy atom. The highest BCUT2D eigenvalue weighted by atomic mass is 19.4. The Hall–Kier alpha value is -3.24. The van der Waals surface area contributed by atoms with Crippen LogP contribution >= 0.6 is 0 Å². The first-order valence-electron chi connectivity index (χ1n) is 12.9. The van der Waals surface area contributed by atoms with Gasteiger partial charge in [-0.1, -0.05) is 24.8 Å². The maximum Gasteiger partial charge on any atom is 0.416 e. The number of halogens is 5. The van der Waals surface area contributed by atoms with Gasteiger partial charge in [-0.15, -0.1) is 0 Å².